The summed E-state index contributed by atoms with van der Waals surface area (Å²) < 4.78 is 9.68. The molecule has 1 aliphatic heterocycles. The summed E-state index contributed by atoms with van der Waals surface area (Å²) in [5.74, 6) is 1.04. The largest absolute Gasteiger partial charge is 0.369 e. The number of carbonyl (C=O) groups excluding carboxylic acids is 1. The van der Waals surface area contributed by atoms with Crippen LogP contribution in [0.3, 0.4) is 0 Å². The van der Waals surface area contributed by atoms with E-state index in [-0.39, 0.29) is 23.4 Å². The summed E-state index contributed by atoms with van der Waals surface area (Å²) in [4.78, 5) is 33.0. The Morgan fingerprint density at radius 1 is 1.21 bits per heavy atom. The predicted octanol–water partition coefficient (Wildman–Crippen LogP) is 2.56. The number of imidazole rings is 1. The quantitative estimate of drug-likeness (QED) is 0.719. The van der Waals surface area contributed by atoms with E-state index >= 15 is 0 Å². The first kappa shape index (κ1) is 19.1. The Labute approximate surface area is 168 Å². The lowest BCUT2D eigenvalue weighted by Crippen LogP contribution is -2.34. The molecule has 1 N–H and O–H groups in total. The molecule has 0 bridgehead atoms. The van der Waals surface area contributed by atoms with Gasteiger partial charge in [0, 0.05) is 50.1 Å². The minimum atomic E-state index is -0.355. The van der Waals surface area contributed by atoms with Gasteiger partial charge in [0.1, 0.15) is 17.7 Å². The molecule has 0 radical (unpaired) electrons. The number of anilines is 1. The molecule has 3 aromatic rings. The molecule has 0 aliphatic carbocycles. The van der Waals surface area contributed by atoms with Crippen LogP contribution in [0.25, 0.3) is 5.82 Å². The van der Waals surface area contributed by atoms with Gasteiger partial charge < -0.3 is 19.2 Å². The third-order valence-corrected chi connectivity index (χ3v) is 5.08. The summed E-state index contributed by atoms with van der Waals surface area (Å²) in [6.45, 7) is 3.44. The zero-order valence-electron chi connectivity index (χ0n) is 16.2. The van der Waals surface area contributed by atoms with Crippen LogP contribution < -0.4 is 10.7 Å². The second-order valence-electron chi connectivity index (χ2n) is 6.95. The molecule has 8 heteroatoms. The third kappa shape index (κ3) is 4.12. The third-order valence-electron chi connectivity index (χ3n) is 5.08. The first-order chi connectivity index (χ1) is 14.2. The van der Waals surface area contributed by atoms with Gasteiger partial charge in [0.25, 0.3) is 0 Å². The van der Waals surface area contributed by atoms with Crippen molar-refractivity contribution in [3.63, 3.8) is 0 Å². The molecular formula is C21H23N5O3. The van der Waals surface area contributed by atoms with Gasteiger partial charge in [-0.1, -0.05) is 0 Å². The fourth-order valence-electron chi connectivity index (χ4n) is 3.56. The number of pyridine rings is 2. The van der Waals surface area contributed by atoms with Crippen LogP contribution in [0.15, 0.2) is 60.0 Å². The Morgan fingerprint density at radius 2 is 2.03 bits per heavy atom. The predicted molar refractivity (Wildman–Crippen MR) is 108 cm³/mol. The maximum absolute atomic E-state index is 13.0. The van der Waals surface area contributed by atoms with Crippen molar-refractivity contribution in [1.29, 1.82) is 0 Å². The van der Waals surface area contributed by atoms with Crippen molar-refractivity contribution in [3.8, 4) is 5.82 Å². The first-order valence-electron chi connectivity index (χ1n) is 9.74. The van der Waals surface area contributed by atoms with E-state index in [1.165, 1.54) is 12.1 Å². The fourth-order valence-corrected chi connectivity index (χ4v) is 3.56. The zero-order chi connectivity index (χ0) is 20.2. The summed E-state index contributed by atoms with van der Waals surface area (Å²) >= 11 is 0. The monoisotopic (exact) mass is 393 g/mol. The van der Waals surface area contributed by atoms with Gasteiger partial charge in [-0.25, -0.2) is 9.97 Å². The number of ether oxygens (including phenoxy) is 1. The standard InChI is InChI=1S/C21H23N5O3/c1-2-25-12-9-22-20(25)19-17(4-3-13-29-19)21(28)24-15-5-6-18(23-14-15)26-10-7-16(27)8-11-26/h5-12,14,17,19H,2-4,13H2,1H3,(H,24,28)/t17-,19-/m1/s1. The highest BCUT2D eigenvalue weighted by atomic mass is 16.5. The lowest BCUT2D eigenvalue weighted by Gasteiger charge is -2.30. The van der Waals surface area contributed by atoms with Gasteiger partial charge >= 0.3 is 0 Å². The Balaban J connectivity index is 1.49. The summed E-state index contributed by atoms with van der Waals surface area (Å²) in [6.07, 6.45) is 9.80. The van der Waals surface area contributed by atoms with Gasteiger partial charge in [0.15, 0.2) is 5.43 Å². The minimum absolute atomic E-state index is 0.0573. The van der Waals surface area contributed by atoms with Gasteiger partial charge in [-0.2, -0.15) is 0 Å². The number of aryl methyl sites for hydroxylation is 1. The van der Waals surface area contributed by atoms with Crippen LogP contribution in [-0.2, 0) is 16.1 Å². The van der Waals surface area contributed by atoms with Crippen LogP contribution in [0.1, 0.15) is 31.7 Å². The SMILES string of the molecule is CCn1ccnc1[C@@H]1OCCC[C@H]1C(=O)Nc1ccc(-n2ccc(=O)cc2)nc1. The lowest BCUT2D eigenvalue weighted by molar-refractivity contribution is -0.130. The van der Waals surface area contributed by atoms with Crippen molar-refractivity contribution >= 4 is 11.6 Å². The van der Waals surface area contributed by atoms with E-state index in [9.17, 15) is 9.59 Å². The van der Waals surface area contributed by atoms with E-state index in [2.05, 4.69) is 15.3 Å². The maximum Gasteiger partial charge on any atom is 0.230 e. The highest BCUT2D eigenvalue weighted by molar-refractivity contribution is 5.92. The number of hydrogen-bond donors (Lipinski definition) is 1. The molecule has 1 fully saturated rings. The number of hydrogen-bond acceptors (Lipinski definition) is 5. The number of amides is 1. The molecule has 8 nitrogen and oxygen atoms in total. The second-order valence-corrected chi connectivity index (χ2v) is 6.95. The van der Waals surface area contributed by atoms with Crippen LogP contribution in [0.2, 0.25) is 0 Å². The molecule has 0 unspecified atom stereocenters. The smallest absolute Gasteiger partial charge is 0.230 e. The van der Waals surface area contributed by atoms with Gasteiger partial charge in [-0.3, -0.25) is 9.59 Å². The lowest BCUT2D eigenvalue weighted by atomic mass is 9.92. The fraction of sp³-hybridized carbons (Fsp3) is 0.333. The number of carbonyl (C=O) groups is 1. The van der Waals surface area contributed by atoms with Crippen LogP contribution in [0.4, 0.5) is 5.69 Å². The molecule has 0 aromatic carbocycles. The number of nitrogens with zero attached hydrogens (tertiary/aromatic N) is 4. The van der Waals surface area contributed by atoms with E-state index in [4.69, 9.17) is 4.74 Å². The molecule has 2 atom stereocenters. The van der Waals surface area contributed by atoms with E-state index in [0.717, 1.165) is 25.2 Å². The summed E-state index contributed by atoms with van der Waals surface area (Å²) in [5, 5.41) is 2.95. The average Bonchev–Trinajstić information content (AvgIpc) is 3.24. The molecule has 1 aliphatic rings. The summed E-state index contributed by atoms with van der Waals surface area (Å²) in [6, 6.07) is 6.53. The molecule has 0 spiro atoms. The summed E-state index contributed by atoms with van der Waals surface area (Å²) in [7, 11) is 0. The molecule has 4 heterocycles. The van der Waals surface area contributed by atoms with Gasteiger partial charge in [-0.05, 0) is 31.9 Å². The van der Waals surface area contributed by atoms with Crippen molar-refractivity contribution < 1.29 is 9.53 Å². The molecule has 1 amide bonds. The van der Waals surface area contributed by atoms with E-state index in [1.807, 2.05) is 17.7 Å². The zero-order valence-corrected chi connectivity index (χ0v) is 16.2. The van der Waals surface area contributed by atoms with E-state index in [1.54, 1.807) is 41.5 Å². The summed E-state index contributed by atoms with van der Waals surface area (Å²) in [5.41, 5.74) is 0.557. The van der Waals surface area contributed by atoms with E-state index < -0.39 is 0 Å². The Hall–Kier alpha value is -3.26. The number of aromatic nitrogens is 4. The van der Waals surface area contributed by atoms with Crippen molar-refractivity contribution in [3.05, 3.63) is 71.3 Å². The van der Waals surface area contributed by atoms with Gasteiger partial charge in [-0.15, -0.1) is 0 Å². The average molecular weight is 393 g/mol. The van der Waals surface area contributed by atoms with Crippen molar-refractivity contribution in [2.75, 3.05) is 11.9 Å². The molecular weight excluding hydrogens is 370 g/mol. The Morgan fingerprint density at radius 3 is 2.76 bits per heavy atom. The molecule has 0 saturated carbocycles. The Bertz CT molecular complexity index is 1020. The molecule has 3 aromatic heterocycles. The molecule has 29 heavy (non-hydrogen) atoms. The Kier molecular flexibility index (Phi) is 5.53. The van der Waals surface area contributed by atoms with Crippen LogP contribution >= 0.6 is 0 Å². The number of rotatable bonds is 5. The molecule has 1 saturated heterocycles. The van der Waals surface area contributed by atoms with Crippen molar-refractivity contribution in [2.24, 2.45) is 5.92 Å². The topological polar surface area (TPSA) is 91.0 Å². The molecule has 4 rings (SSSR count). The van der Waals surface area contributed by atoms with Crippen molar-refractivity contribution in [2.45, 2.75) is 32.4 Å². The molecule has 150 valence electrons. The first-order valence-corrected chi connectivity index (χ1v) is 9.74. The number of nitrogens with one attached hydrogen (secondary N) is 1. The van der Waals surface area contributed by atoms with Crippen LogP contribution in [-0.4, -0.2) is 31.6 Å². The van der Waals surface area contributed by atoms with Crippen molar-refractivity contribution in [1.82, 2.24) is 19.1 Å². The van der Waals surface area contributed by atoms with Gasteiger partial charge in [0.05, 0.1) is 17.8 Å². The highest BCUT2D eigenvalue weighted by Gasteiger charge is 2.35. The van der Waals surface area contributed by atoms with E-state index in [0.29, 0.717) is 18.1 Å². The van der Waals surface area contributed by atoms with Crippen LogP contribution in [0, 0.1) is 5.92 Å². The maximum atomic E-state index is 13.0. The second kappa shape index (κ2) is 8.40. The minimum Gasteiger partial charge on any atom is -0.369 e. The highest BCUT2D eigenvalue weighted by Crippen LogP contribution is 2.33. The van der Waals surface area contributed by atoms with Gasteiger partial charge in [0.2, 0.25) is 5.91 Å². The normalized spacial score (nSPS) is 19.1. The van der Waals surface area contributed by atoms with Crippen LogP contribution in [0.5, 0.6) is 0 Å².